The van der Waals surface area contributed by atoms with E-state index in [0.717, 1.165) is 23.7 Å². The minimum absolute atomic E-state index is 0.0930. The molecular weight excluding hydrogens is 214 g/mol. The molecule has 0 spiro atoms. The van der Waals surface area contributed by atoms with E-state index >= 15 is 0 Å². The van der Waals surface area contributed by atoms with Gasteiger partial charge in [0, 0.05) is 24.4 Å². The molecule has 0 unspecified atom stereocenters. The first kappa shape index (κ1) is 10.7. The fourth-order valence-corrected chi connectivity index (χ4v) is 3.07. The van der Waals surface area contributed by atoms with Crippen molar-refractivity contribution in [1.29, 1.82) is 0 Å². The molecule has 0 saturated heterocycles. The van der Waals surface area contributed by atoms with Crippen LogP contribution in [0, 0.1) is 0 Å². The maximum absolute atomic E-state index is 9.59. The smallest absolute Gasteiger partial charge is 0.0926 e. The minimum atomic E-state index is -0.216. The summed E-state index contributed by atoms with van der Waals surface area (Å²) in [5.41, 5.74) is 8.00. The predicted octanol–water partition coefficient (Wildman–Crippen LogP) is 0.924. The highest BCUT2D eigenvalue weighted by Gasteiger charge is 2.46. The highest BCUT2D eigenvalue weighted by molar-refractivity contribution is 5.82. The zero-order valence-electron chi connectivity index (χ0n) is 9.93. The lowest BCUT2D eigenvalue weighted by molar-refractivity contribution is 0.0190. The third-order valence-corrected chi connectivity index (χ3v) is 3.89. The maximum atomic E-state index is 9.59. The molecule has 3 rings (SSSR count). The molecule has 0 bridgehead atoms. The Morgan fingerprint density at radius 2 is 2.18 bits per heavy atom. The van der Waals surface area contributed by atoms with Crippen molar-refractivity contribution in [2.45, 2.75) is 24.4 Å². The lowest BCUT2D eigenvalue weighted by Gasteiger charge is -2.44. The molecule has 17 heavy (non-hydrogen) atoms. The van der Waals surface area contributed by atoms with Crippen LogP contribution in [-0.2, 0) is 12.5 Å². The van der Waals surface area contributed by atoms with E-state index in [-0.39, 0.29) is 11.5 Å². The summed E-state index contributed by atoms with van der Waals surface area (Å²) in [7, 11) is 1.96. The molecule has 1 heterocycles. The molecule has 90 valence electrons. The van der Waals surface area contributed by atoms with Crippen LogP contribution in [-0.4, -0.2) is 27.5 Å². The van der Waals surface area contributed by atoms with E-state index in [0.29, 0.717) is 6.54 Å². The van der Waals surface area contributed by atoms with E-state index < -0.39 is 0 Å². The van der Waals surface area contributed by atoms with Crippen molar-refractivity contribution < 1.29 is 5.11 Å². The number of nitrogens with zero attached hydrogens (tertiary/aromatic N) is 2. The van der Waals surface area contributed by atoms with Crippen molar-refractivity contribution in [2.24, 2.45) is 12.8 Å². The molecule has 4 nitrogen and oxygen atoms in total. The van der Waals surface area contributed by atoms with Gasteiger partial charge in [-0.05, 0) is 18.9 Å². The van der Waals surface area contributed by atoms with Crippen LogP contribution < -0.4 is 5.73 Å². The van der Waals surface area contributed by atoms with Gasteiger partial charge in [-0.2, -0.15) is 5.10 Å². The number of fused-ring (bicyclic) bond motifs is 1. The van der Waals surface area contributed by atoms with Gasteiger partial charge in [0.2, 0.25) is 0 Å². The first-order valence-electron chi connectivity index (χ1n) is 5.97. The Balaban J connectivity index is 2.19. The number of aryl methyl sites for hydroxylation is 1. The Kier molecular flexibility index (Phi) is 2.24. The van der Waals surface area contributed by atoms with Gasteiger partial charge in [-0.25, -0.2) is 0 Å². The van der Waals surface area contributed by atoms with Crippen LogP contribution in [0.2, 0.25) is 0 Å². The van der Waals surface area contributed by atoms with Crippen LogP contribution in [0.3, 0.4) is 0 Å². The lowest BCUT2D eigenvalue weighted by atomic mass is 9.64. The van der Waals surface area contributed by atoms with Crippen molar-refractivity contribution in [3.63, 3.8) is 0 Å². The number of benzene rings is 1. The Labute approximate surface area is 100 Å². The quantitative estimate of drug-likeness (QED) is 0.808. The van der Waals surface area contributed by atoms with Gasteiger partial charge in [-0.3, -0.25) is 4.68 Å². The number of aromatic nitrogens is 2. The van der Waals surface area contributed by atoms with Gasteiger partial charge >= 0.3 is 0 Å². The molecule has 0 radical (unpaired) electrons. The number of rotatable bonds is 2. The van der Waals surface area contributed by atoms with E-state index in [4.69, 9.17) is 5.73 Å². The van der Waals surface area contributed by atoms with Crippen LogP contribution >= 0.6 is 0 Å². The summed E-state index contributed by atoms with van der Waals surface area (Å²) in [6, 6.07) is 8.11. The minimum Gasteiger partial charge on any atom is -0.393 e. The molecule has 0 atom stereocenters. The molecular formula is C13H17N3O. The van der Waals surface area contributed by atoms with Crippen LogP contribution in [0.1, 0.15) is 18.5 Å². The second kappa shape index (κ2) is 3.55. The van der Waals surface area contributed by atoms with Crippen molar-refractivity contribution in [1.82, 2.24) is 9.78 Å². The third kappa shape index (κ3) is 1.41. The van der Waals surface area contributed by atoms with E-state index in [1.807, 2.05) is 29.9 Å². The molecule has 1 aliphatic rings. The average molecular weight is 231 g/mol. The lowest BCUT2D eigenvalue weighted by Crippen LogP contribution is -2.50. The SMILES string of the molecule is Cn1nc2ccccc2c1C1(CN)CC(O)C1. The first-order valence-corrected chi connectivity index (χ1v) is 5.97. The number of nitrogens with two attached hydrogens (primary N) is 1. The first-order chi connectivity index (χ1) is 8.16. The summed E-state index contributed by atoms with van der Waals surface area (Å²) in [6.45, 7) is 0.563. The molecule has 0 amide bonds. The molecule has 0 aliphatic heterocycles. The molecule has 4 heteroatoms. The highest BCUT2D eigenvalue weighted by Crippen LogP contribution is 2.45. The highest BCUT2D eigenvalue weighted by atomic mass is 16.3. The number of aliphatic hydroxyl groups is 1. The topological polar surface area (TPSA) is 64.1 Å². The van der Waals surface area contributed by atoms with Crippen LogP contribution in [0.5, 0.6) is 0 Å². The number of hydrogen-bond acceptors (Lipinski definition) is 3. The third-order valence-electron chi connectivity index (χ3n) is 3.89. The van der Waals surface area contributed by atoms with Gasteiger partial charge in [-0.15, -0.1) is 0 Å². The Bertz CT molecular complexity index is 555. The summed E-state index contributed by atoms with van der Waals surface area (Å²) in [6.07, 6.45) is 1.27. The summed E-state index contributed by atoms with van der Waals surface area (Å²) in [4.78, 5) is 0. The summed E-state index contributed by atoms with van der Waals surface area (Å²) < 4.78 is 1.92. The second-order valence-electron chi connectivity index (χ2n) is 5.04. The second-order valence-corrected chi connectivity index (χ2v) is 5.04. The van der Waals surface area contributed by atoms with Crippen molar-refractivity contribution in [3.8, 4) is 0 Å². The monoisotopic (exact) mass is 231 g/mol. The summed E-state index contributed by atoms with van der Waals surface area (Å²) in [5.74, 6) is 0. The summed E-state index contributed by atoms with van der Waals surface area (Å²) in [5, 5.41) is 15.3. The van der Waals surface area contributed by atoms with Gasteiger partial charge in [0.15, 0.2) is 0 Å². The van der Waals surface area contributed by atoms with Crippen LogP contribution in [0.15, 0.2) is 24.3 Å². The molecule has 1 aromatic heterocycles. The van der Waals surface area contributed by atoms with E-state index in [2.05, 4.69) is 11.2 Å². The summed E-state index contributed by atoms with van der Waals surface area (Å²) >= 11 is 0. The van der Waals surface area contributed by atoms with Crippen LogP contribution in [0.4, 0.5) is 0 Å². The molecule has 2 aromatic rings. The average Bonchev–Trinajstić information content (AvgIpc) is 2.61. The van der Waals surface area contributed by atoms with Gasteiger partial charge in [0.1, 0.15) is 0 Å². The molecule has 1 fully saturated rings. The maximum Gasteiger partial charge on any atom is 0.0926 e. The fraction of sp³-hybridized carbons (Fsp3) is 0.462. The van der Waals surface area contributed by atoms with Gasteiger partial charge in [-0.1, -0.05) is 18.2 Å². The Morgan fingerprint density at radius 1 is 1.47 bits per heavy atom. The van der Waals surface area contributed by atoms with Crippen molar-refractivity contribution >= 4 is 10.9 Å². The fourth-order valence-electron chi connectivity index (χ4n) is 3.07. The van der Waals surface area contributed by atoms with Gasteiger partial charge in [0.05, 0.1) is 17.3 Å². The normalized spacial score (nSPS) is 28.3. The molecule has 1 aromatic carbocycles. The Hall–Kier alpha value is -1.39. The molecule has 1 saturated carbocycles. The zero-order valence-corrected chi connectivity index (χ0v) is 9.93. The zero-order chi connectivity index (χ0) is 12.0. The number of aliphatic hydroxyl groups excluding tert-OH is 1. The molecule has 1 aliphatic carbocycles. The standard InChI is InChI=1S/C13H17N3O/c1-16-12(13(8-14)6-9(17)7-13)10-4-2-3-5-11(10)15-16/h2-5,9,17H,6-8,14H2,1H3. The van der Waals surface area contributed by atoms with Gasteiger partial charge < -0.3 is 10.8 Å². The predicted molar refractivity (Wildman–Crippen MR) is 66.7 cm³/mol. The molecule has 3 N–H and O–H groups in total. The van der Waals surface area contributed by atoms with E-state index in [1.54, 1.807) is 0 Å². The van der Waals surface area contributed by atoms with Crippen LogP contribution in [0.25, 0.3) is 10.9 Å². The van der Waals surface area contributed by atoms with E-state index in [9.17, 15) is 5.11 Å². The Morgan fingerprint density at radius 3 is 2.82 bits per heavy atom. The van der Waals surface area contributed by atoms with E-state index in [1.165, 1.54) is 5.69 Å². The largest absolute Gasteiger partial charge is 0.393 e. The van der Waals surface area contributed by atoms with Crippen molar-refractivity contribution in [2.75, 3.05) is 6.54 Å². The van der Waals surface area contributed by atoms with Gasteiger partial charge in [0.25, 0.3) is 0 Å². The number of hydrogen-bond donors (Lipinski definition) is 2. The van der Waals surface area contributed by atoms with Crippen molar-refractivity contribution in [3.05, 3.63) is 30.0 Å².